The van der Waals surface area contributed by atoms with Crippen LogP contribution in [0.4, 0.5) is 4.79 Å². The van der Waals surface area contributed by atoms with E-state index in [1.807, 2.05) is 24.3 Å². The lowest BCUT2D eigenvalue weighted by molar-refractivity contribution is 0.0519. The molecule has 6 nitrogen and oxygen atoms in total. The summed E-state index contributed by atoms with van der Waals surface area (Å²) in [5.41, 5.74) is 5.43. The maximum Gasteiger partial charge on any atom is 0.407 e. The first kappa shape index (κ1) is 22.1. The Balaban J connectivity index is 1.26. The van der Waals surface area contributed by atoms with Crippen molar-refractivity contribution in [3.8, 4) is 23.0 Å². The molecule has 1 aromatic heterocycles. The maximum absolute atomic E-state index is 12.2. The van der Waals surface area contributed by atoms with Gasteiger partial charge in [0.05, 0.1) is 6.61 Å². The predicted octanol–water partition coefficient (Wildman–Crippen LogP) is 4.54. The Morgan fingerprint density at radius 1 is 0.939 bits per heavy atom. The molecule has 0 saturated heterocycles. The molecule has 4 rings (SSSR count). The van der Waals surface area contributed by atoms with Crippen LogP contribution < -0.4 is 5.32 Å². The molecular formula is C27H24N2O4. The van der Waals surface area contributed by atoms with Gasteiger partial charge in [0.25, 0.3) is 0 Å². The molecule has 0 bridgehead atoms. The number of nitrogens with zero attached hydrogens (tertiary/aromatic N) is 1. The summed E-state index contributed by atoms with van der Waals surface area (Å²) >= 11 is 0. The number of fused-ring (bicyclic) bond motifs is 3. The van der Waals surface area contributed by atoms with E-state index in [1.165, 1.54) is 22.3 Å². The Labute approximate surface area is 193 Å². The fourth-order valence-electron chi connectivity index (χ4n) is 3.85. The number of carbonyl (C=O) groups is 2. The van der Waals surface area contributed by atoms with Gasteiger partial charge in [-0.25, -0.2) is 14.6 Å². The van der Waals surface area contributed by atoms with Crippen molar-refractivity contribution in [3.05, 3.63) is 89.2 Å². The third-order valence-corrected chi connectivity index (χ3v) is 5.31. The van der Waals surface area contributed by atoms with Gasteiger partial charge in [-0.3, -0.25) is 0 Å². The fraction of sp³-hybridized carbons (Fsp3) is 0.222. The molecule has 2 aromatic carbocycles. The molecule has 1 N–H and O–H groups in total. The van der Waals surface area contributed by atoms with Gasteiger partial charge in [-0.1, -0.05) is 60.5 Å². The van der Waals surface area contributed by atoms with Crippen LogP contribution in [0, 0.1) is 11.8 Å². The number of nitrogens with one attached hydrogen (secondary N) is 1. The van der Waals surface area contributed by atoms with Crippen LogP contribution in [0.5, 0.6) is 0 Å². The highest BCUT2D eigenvalue weighted by atomic mass is 16.5. The third kappa shape index (κ3) is 5.21. The van der Waals surface area contributed by atoms with Crippen LogP contribution in [0.25, 0.3) is 11.1 Å². The average molecular weight is 440 g/mol. The summed E-state index contributed by atoms with van der Waals surface area (Å²) in [5.74, 6) is 5.39. The Morgan fingerprint density at radius 3 is 2.33 bits per heavy atom. The Hall–Kier alpha value is -4.11. The standard InChI is InChI=1S/C27H24N2O4/c1-2-32-26(30)25-16-9-11-19(29-25)10-7-8-17-28-27(31)33-18-24-22-14-5-3-12-20(22)21-13-4-6-15-23(21)24/h3-6,9,11-16,24H,2,8,17-18H2,1H3,(H,28,31). The first-order valence-corrected chi connectivity index (χ1v) is 10.9. The van der Waals surface area contributed by atoms with Crippen molar-refractivity contribution >= 4 is 12.1 Å². The van der Waals surface area contributed by atoms with Gasteiger partial charge in [-0.05, 0) is 47.2 Å². The molecule has 0 atom stereocenters. The number of ether oxygens (including phenoxy) is 2. The SMILES string of the molecule is CCOC(=O)c1cccc(C#CCCNC(=O)OCC2c3ccccc3-c3ccccc32)n1. The normalized spacial score (nSPS) is 11.5. The largest absolute Gasteiger partial charge is 0.461 e. The summed E-state index contributed by atoms with van der Waals surface area (Å²) in [4.78, 5) is 28.1. The number of carbonyl (C=O) groups excluding carboxylic acids is 2. The molecule has 0 fully saturated rings. The number of alkyl carbamates (subject to hydrolysis) is 1. The maximum atomic E-state index is 12.2. The topological polar surface area (TPSA) is 77.5 Å². The van der Waals surface area contributed by atoms with Crippen LogP contribution >= 0.6 is 0 Å². The van der Waals surface area contributed by atoms with Gasteiger partial charge in [0.2, 0.25) is 0 Å². The minimum absolute atomic E-state index is 0.0284. The summed E-state index contributed by atoms with van der Waals surface area (Å²) < 4.78 is 10.4. The van der Waals surface area contributed by atoms with E-state index in [4.69, 9.17) is 9.47 Å². The van der Waals surface area contributed by atoms with E-state index in [0.717, 1.165) is 0 Å². The van der Waals surface area contributed by atoms with E-state index in [9.17, 15) is 9.59 Å². The highest BCUT2D eigenvalue weighted by Crippen LogP contribution is 2.44. The number of amides is 1. The Bertz CT molecular complexity index is 1180. The molecule has 0 unspecified atom stereocenters. The van der Waals surface area contributed by atoms with Gasteiger partial charge >= 0.3 is 12.1 Å². The van der Waals surface area contributed by atoms with Crippen molar-refractivity contribution in [1.29, 1.82) is 0 Å². The van der Waals surface area contributed by atoms with Gasteiger partial charge in [-0.15, -0.1) is 0 Å². The van der Waals surface area contributed by atoms with Crippen LogP contribution in [0.3, 0.4) is 0 Å². The van der Waals surface area contributed by atoms with E-state index in [0.29, 0.717) is 18.7 Å². The van der Waals surface area contributed by atoms with E-state index in [1.54, 1.807) is 25.1 Å². The smallest absolute Gasteiger partial charge is 0.407 e. The van der Waals surface area contributed by atoms with Crippen LogP contribution in [0.2, 0.25) is 0 Å². The van der Waals surface area contributed by atoms with Gasteiger partial charge in [-0.2, -0.15) is 0 Å². The van der Waals surface area contributed by atoms with Crippen molar-refractivity contribution < 1.29 is 19.1 Å². The van der Waals surface area contributed by atoms with E-state index in [-0.39, 0.29) is 24.8 Å². The van der Waals surface area contributed by atoms with Crippen molar-refractivity contribution in [2.24, 2.45) is 0 Å². The van der Waals surface area contributed by atoms with Crippen LogP contribution in [0.1, 0.15) is 46.6 Å². The minimum atomic E-state index is -0.474. The first-order valence-electron chi connectivity index (χ1n) is 10.9. The molecular weight excluding hydrogens is 416 g/mol. The molecule has 6 heteroatoms. The number of pyridine rings is 1. The fourth-order valence-corrected chi connectivity index (χ4v) is 3.85. The zero-order valence-electron chi connectivity index (χ0n) is 18.3. The molecule has 0 radical (unpaired) electrons. The molecule has 3 aromatic rings. The molecule has 0 saturated carbocycles. The number of hydrogen-bond donors (Lipinski definition) is 1. The molecule has 33 heavy (non-hydrogen) atoms. The highest BCUT2D eigenvalue weighted by Gasteiger charge is 2.28. The second kappa shape index (κ2) is 10.5. The second-order valence-corrected chi connectivity index (χ2v) is 7.43. The predicted molar refractivity (Wildman–Crippen MR) is 125 cm³/mol. The number of esters is 1. The van der Waals surface area contributed by atoms with E-state index >= 15 is 0 Å². The summed E-state index contributed by atoms with van der Waals surface area (Å²) in [5, 5.41) is 2.73. The number of benzene rings is 2. The van der Waals surface area contributed by atoms with Gasteiger partial charge in [0, 0.05) is 18.9 Å². The summed E-state index contributed by atoms with van der Waals surface area (Å²) in [6.45, 7) is 2.65. The highest BCUT2D eigenvalue weighted by molar-refractivity contribution is 5.87. The van der Waals surface area contributed by atoms with Crippen molar-refractivity contribution in [3.63, 3.8) is 0 Å². The molecule has 1 aliphatic rings. The summed E-state index contributed by atoms with van der Waals surface area (Å²) in [7, 11) is 0. The van der Waals surface area contributed by atoms with Gasteiger partial charge in [0.1, 0.15) is 18.0 Å². The lowest BCUT2D eigenvalue weighted by Gasteiger charge is -2.14. The third-order valence-electron chi connectivity index (χ3n) is 5.31. The van der Waals surface area contributed by atoms with Gasteiger partial charge < -0.3 is 14.8 Å². The van der Waals surface area contributed by atoms with E-state index in [2.05, 4.69) is 46.4 Å². The summed E-state index contributed by atoms with van der Waals surface area (Å²) in [6, 6.07) is 21.4. The molecule has 1 amide bonds. The number of aromatic nitrogens is 1. The minimum Gasteiger partial charge on any atom is -0.461 e. The summed E-state index contributed by atoms with van der Waals surface area (Å²) in [6.07, 6.45) is -0.0451. The first-order chi connectivity index (χ1) is 16.2. The monoisotopic (exact) mass is 440 g/mol. The Kier molecular flexibility index (Phi) is 7.01. The molecule has 1 aliphatic carbocycles. The van der Waals surface area contributed by atoms with Crippen molar-refractivity contribution in [1.82, 2.24) is 10.3 Å². The second-order valence-electron chi connectivity index (χ2n) is 7.43. The number of rotatable bonds is 6. The molecule has 0 spiro atoms. The molecule has 166 valence electrons. The van der Waals surface area contributed by atoms with Crippen LogP contribution in [0.15, 0.2) is 66.7 Å². The van der Waals surface area contributed by atoms with E-state index < -0.39 is 12.1 Å². The Morgan fingerprint density at radius 2 is 1.64 bits per heavy atom. The zero-order valence-corrected chi connectivity index (χ0v) is 18.3. The lowest BCUT2D eigenvalue weighted by atomic mass is 9.98. The number of hydrogen-bond acceptors (Lipinski definition) is 5. The van der Waals surface area contributed by atoms with Crippen LogP contribution in [-0.4, -0.2) is 36.8 Å². The van der Waals surface area contributed by atoms with Gasteiger partial charge in [0.15, 0.2) is 0 Å². The quantitative estimate of drug-likeness (QED) is 0.346. The zero-order chi connectivity index (χ0) is 23.0. The van der Waals surface area contributed by atoms with Crippen molar-refractivity contribution in [2.45, 2.75) is 19.3 Å². The average Bonchev–Trinajstić information content (AvgIpc) is 3.16. The van der Waals surface area contributed by atoms with Crippen LogP contribution in [-0.2, 0) is 9.47 Å². The molecule has 0 aliphatic heterocycles. The lowest BCUT2D eigenvalue weighted by Crippen LogP contribution is -2.26. The van der Waals surface area contributed by atoms with Crippen molar-refractivity contribution in [2.75, 3.05) is 19.8 Å². The molecule has 1 heterocycles.